The standard InChI is InChI=1S/C8H13ClN4O/c1-5(3-10)13(2)7-6(9)8(14)12-4-11-7/h4-5H,3,10H2,1-2H3,(H,11,12,14). The summed E-state index contributed by atoms with van der Waals surface area (Å²) in [5.74, 6) is 0.452. The van der Waals surface area contributed by atoms with Crippen LogP contribution in [-0.2, 0) is 0 Å². The summed E-state index contributed by atoms with van der Waals surface area (Å²) in [5, 5.41) is 0.0929. The van der Waals surface area contributed by atoms with Crippen LogP contribution < -0.4 is 16.2 Å². The van der Waals surface area contributed by atoms with E-state index in [-0.39, 0.29) is 16.6 Å². The Hall–Kier alpha value is -1.07. The molecular weight excluding hydrogens is 204 g/mol. The van der Waals surface area contributed by atoms with Gasteiger partial charge >= 0.3 is 0 Å². The first-order valence-electron chi connectivity index (χ1n) is 4.24. The van der Waals surface area contributed by atoms with Gasteiger partial charge in [0.1, 0.15) is 5.02 Å². The quantitative estimate of drug-likeness (QED) is 0.758. The average molecular weight is 217 g/mol. The van der Waals surface area contributed by atoms with E-state index in [1.807, 2.05) is 6.92 Å². The molecule has 1 aromatic heterocycles. The molecule has 0 spiro atoms. The first kappa shape index (κ1) is 11.0. The lowest BCUT2D eigenvalue weighted by atomic mass is 10.3. The molecule has 0 aliphatic rings. The Labute approximate surface area is 86.9 Å². The number of aromatic amines is 1. The highest BCUT2D eigenvalue weighted by molar-refractivity contribution is 6.32. The van der Waals surface area contributed by atoms with Crippen molar-refractivity contribution in [3.05, 3.63) is 21.7 Å². The van der Waals surface area contributed by atoms with Gasteiger partial charge in [-0.3, -0.25) is 4.79 Å². The molecule has 78 valence electrons. The number of aromatic nitrogens is 2. The maximum Gasteiger partial charge on any atom is 0.271 e. The zero-order valence-electron chi connectivity index (χ0n) is 8.12. The van der Waals surface area contributed by atoms with Crippen LogP contribution in [0.15, 0.2) is 11.1 Å². The minimum Gasteiger partial charge on any atom is -0.354 e. The van der Waals surface area contributed by atoms with Crippen LogP contribution in [0.1, 0.15) is 6.92 Å². The van der Waals surface area contributed by atoms with Crippen LogP contribution in [0.2, 0.25) is 5.02 Å². The lowest BCUT2D eigenvalue weighted by Gasteiger charge is -2.24. The molecule has 0 aromatic carbocycles. The number of hydrogen-bond acceptors (Lipinski definition) is 4. The Kier molecular flexibility index (Phi) is 3.49. The molecule has 1 unspecified atom stereocenters. The minimum atomic E-state index is -0.340. The Morgan fingerprint density at radius 3 is 3.00 bits per heavy atom. The van der Waals surface area contributed by atoms with Gasteiger partial charge in [0.15, 0.2) is 5.82 Å². The van der Waals surface area contributed by atoms with Crippen LogP contribution in [0, 0.1) is 0 Å². The van der Waals surface area contributed by atoms with Gasteiger partial charge in [0.2, 0.25) is 0 Å². The van der Waals surface area contributed by atoms with Crippen LogP contribution in [-0.4, -0.2) is 29.6 Å². The number of nitrogens with two attached hydrogens (primary N) is 1. The number of hydrogen-bond donors (Lipinski definition) is 2. The van der Waals surface area contributed by atoms with Gasteiger partial charge in [-0.2, -0.15) is 0 Å². The summed E-state index contributed by atoms with van der Waals surface area (Å²) in [6.45, 7) is 2.40. The molecule has 0 saturated heterocycles. The molecule has 1 atom stereocenters. The molecule has 1 rings (SSSR count). The van der Waals surface area contributed by atoms with E-state index in [4.69, 9.17) is 17.3 Å². The summed E-state index contributed by atoms with van der Waals surface area (Å²) in [6, 6.07) is 0.0850. The maximum absolute atomic E-state index is 11.2. The van der Waals surface area contributed by atoms with Crippen molar-refractivity contribution in [2.75, 3.05) is 18.5 Å². The van der Waals surface area contributed by atoms with Crippen LogP contribution in [0.3, 0.4) is 0 Å². The summed E-state index contributed by atoms with van der Waals surface area (Å²) < 4.78 is 0. The van der Waals surface area contributed by atoms with Crippen molar-refractivity contribution in [1.29, 1.82) is 0 Å². The zero-order chi connectivity index (χ0) is 10.7. The largest absolute Gasteiger partial charge is 0.354 e. The second-order valence-electron chi connectivity index (χ2n) is 3.06. The van der Waals surface area contributed by atoms with E-state index >= 15 is 0 Å². The summed E-state index contributed by atoms with van der Waals surface area (Å²) >= 11 is 5.80. The Balaban J connectivity index is 3.07. The summed E-state index contributed by atoms with van der Waals surface area (Å²) in [5.41, 5.74) is 5.16. The number of nitrogens with zero attached hydrogens (tertiary/aromatic N) is 2. The fourth-order valence-electron chi connectivity index (χ4n) is 0.986. The molecule has 0 saturated carbocycles. The molecule has 3 N–H and O–H groups in total. The molecule has 14 heavy (non-hydrogen) atoms. The maximum atomic E-state index is 11.2. The molecule has 1 heterocycles. The summed E-state index contributed by atoms with van der Waals surface area (Å²) in [4.78, 5) is 19.3. The van der Waals surface area contributed by atoms with Gasteiger partial charge in [0.25, 0.3) is 5.56 Å². The predicted octanol–water partition coefficient (Wildman–Crippen LogP) is 0.207. The normalized spacial score (nSPS) is 12.6. The van der Waals surface area contributed by atoms with Gasteiger partial charge in [-0.05, 0) is 6.92 Å². The van der Waals surface area contributed by atoms with Gasteiger partial charge in [0, 0.05) is 19.6 Å². The highest BCUT2D eigenvalue weighted by Crippen LogP contribution is 2.18. The third kappa shape index (κ3) is 2.05. The van der Waals surface area contributed by atoms with E-state index in [1.54, 1.807) is 11.9 Å². The monoisotopic (exact) mass is 216 g/mol. The summed E-state index contributed by atoms with van der Waals surface area (Å²) in [7, 11) is 1.80. The van der Waals surface area contributed by atoms with Gasteiger partial charge < -0.3 is 15.6 Å². The first-order chi connectivity index (χ1) is 6.57. The molecule has 5 nitrogen and oxygen atoms in total. The molecule has 0 bridgehead atoms. The fraction of sp³-hybridized carbons (Fsp3) is 0.500. The fourth-order valence-corrected chi connectivity index (χ4v) is 1.22. The molecule has 0 amide bonds. The van der Waals surface area contributed by atoms with E-state index < -0.39 is 0 Å². The number of halogens is 1. The van der Waals surface area contributed by atoms with E-state index in [1.165, 1.54) is 6.33 Å². The van der Waals surface area contributed by atoms with Crippen molar-refractivity contribution in [3.63, 3.8) is 0 Å². The second-order valence-corrected chi connectivity index (χ2v) is 3.44. The van der Waals surface area contributed by atoms with Gasteiger partial charge in [-0.15, -0.1) is 0 Å². The molecular formula is C8H13ClN4O. The Morgan fingerprint density at radius 2 is 2.43 bits per heavy atom. The van der Waals surface area contributed by atoms with Crippen molar-refractivity contribution in [2.24, 2.45) is 5.73 Å². The van der Waals surface area contributed by atoms with Crippen LogP contribution in [0.25, 0.3) is 0 Å². The van der Waals surface area contributed by atoms with E-state index in [2.05, 4.69) is 9.97 Å². The zero-order valence-corrected chi connectivity index (χ0v) is 8.88. The second kappa shape index (κ2) is 4.43. The molecule has 1 aromatic rings. The highest BCUT2D eigenvalue weighted by Gasteiger charge is 2.14. The third-order valence-electron chi connectivity index (χ3n) is 2.11. The molecule has 6 heteroatoms. The van der Waals surface area contributed by atoms with E-state index in [0.29, 0.717) is 12.4 Å². The summed E-state index contributed by atoms with van der Waals surface area (Å²) in [6.07, 6.45) is 1.32. The average Bonchev–Trinajstić information content (AvgIpc) is 2.20. The van der Waals surface area contributed by atoms with Gasteiger partial charge in [-0.25, -0.2) is 4.98 Å². The number of likely N-dealkylation sites (N-methyl/N-ethyl adjacent to an activating group) is 1. The molecule has 0 radical (unpaired) electrons. The van der Waals surface area contributed by atoms with Crippen LogP contribution in [0.4, 0.5) is 5.82 Å². The SMILES string of the molecule is CC(CN)N(C)c1nc[nH]c(=O)c1Cl. The highest BCUT2D eigenvalue weighted by atomic mass is 35.5. The van der Waals surface area contributed by atoms with Crippen LogP contribution in [0.5, 0.6) is 0 Å². The lowest BCUT2D eigenvalue weighted by molar-refractivity contribution is 0.686. The van der Waals surface area contributed by atoms with E-state index in [0.717, 1.165) is 0 Å². The minimum absolute atomic E-state index is 0.0850. The number of rotatable bonds is 3. The van der Waals surface area contributed by atoms with E-state index in [9.17, 15) is 4.79 Å². The number of H-pyrrole nitrogens is 1. The van der Waals surface area contributed by atoms with Gasteiger partial charge in [-0.1, -0.05) is 11.6 Å². The number of anilines is 1. The van der Waals surface area contributed by atoms with Crippen molar-refractivity contribution in [3.8, 4) is 0 Å². The predicted molar refractivity (Wildman–Crippen MR) is 56.8 cm³/mol. The third-order valence-corrected chi connectivity index (χ3v) is 2.46. The first-order valence-corrected chi connectivity index (χ1v) is 4.61. The smallest absolute Gasteiger partial charge is 0.271 e. The van der Waals surface area contributed by atoms with Crippen molar-refractivity contribution in [2.45, 2.75) is 13.0 Å². The number of nitrogens with one attached hydrogen (secondary N) is 1. The molecule has 0 fully saturated rings. The molecule has 0 aliphatic carbocycles. The topological polar surface area (TPSA) is 75.0 Å². The molecule has 0 aliphatic heterocycles. The Morgan fingerprint density at radius 1 is 1.79 bits per heavy atom. The lowest BCUT2D eigenvalue weighted by Crippen LogP contribution is -2.36. The van der Waals surface area contributed by atoms with Crippen molar-refractivity contribution < 1.29 is 0 Å². The van der Waals surface area contributed by atoms with Crippen molar-refractivity contribution >= 4 is 17.4 Å². The Bertz CT molecular complexity index is 365. The van der Waals surface area contributed by atoms with Gasteiger partial charge in [0.05, 0.1) is 6.33 Å². The van der Waals surface area contributed by atoms with Crippen molar-refractivity contribution in [1.82, 2.24) is 9.97 Å². The van der Waals surface area contributed by atoms with Crippen LogP contribution >= 0.6 is 11.6 Å².